The maximum Gasteiger partial charge on any atom is 0.307 e. The van der Waals surface area contributed by atoms with Crippen molar-refractivity contribution in [2.24, 2.45) is 5.92 Å². The van der Waals surface area contributed by atoms with E-state index in [1.54, 1.807) is 18.9 Å². The zero-order valence-electron chi connectivity index (χ0n) is 11.4. The number of carbonyl (C=O) groups excluding carboxylic acids is 1. The molecule has 0 bridgehead atoms. The molecule has 0 saturated carbocycles. The van der Waals surface area contributed by atoms with E-state index >= 15 is 0 Å². The molecule has 1 atom stereocenters. The second kappa shape index (κ2) is 6.59. The molecule has 5 heteroatoms. The first-order valence-electron chi connectivity index (χ1n) is 5.90. The first kappa shape index (κ1) is 15.9. The van der Waals surface area contributed by atoms with Crippen molar-refractivity contribution in [3.63, 3.8) is 0 Å². The highest BCUT2D eigenvalue weighted by Crippen LogP contribution is 2.06. The zero-order chi connectivity index (χ0) is 13.6. The molecule has 17 heavy (non-hydrogen) atoms. The van der Waals surface area contributed by atoms with Gasteiger partial charge in [-0.05, 0) is 27.3 Å². The van der Waals surface area contributed by atoms with Gasteiger partial charge in [0.05, 0.1) is 12.5 Å². The minimum absolute atomic E-state index is 0.0723. The Labute approximate surface area is 103 Å². The molecule has 0 aromatic heterocycles. The number of amides is 1. The van der Waals surface area contributed by atoms with Gasteiger partial charge in [-0.3, -0.25) is 14.5 Å². The molecular formula is C12H24N2O3. The normalized spacial score (nSPS) is 13.5. The molecule has 0 aliphatic heterocycles. The fourth-order valence-corrected chi connectivity index (χ4v) is 1.36. The molecule has 1 amide bonds. The van der Waals surface area contributed by atoms with Gasteiger partial charge in [-0.2, -0.15) is 0 Å². The predicted octanol–water partition coefficient (Wildman–Crippen LogP) is 0.944. The van der Waals surface area contributed by atoms with Gasteiger partial charge in [0, 0.05) is 12.1 Å². The van der Waals surface area contributed by atoms with Crippen LogP contribution >= 0.6 is 0 Å². The SMILES string of the molecule is CCC(C)(C)NC(=O)CN(C)CC(C)C(=O)O. The molecule has 0 saturated heterocycles. The lowest BCUT2D eigenvalue weighted by molar-refractivity contribution is -0.142. The van der Waals surface area contributed by atoms with E-state index in [9.17, 15) is 9.59 Å². The Morgan fingerprint density at radius 3 is 2.35 bits per heavy atom. The quantitative estimate of drug-likeness (QED) is 0.699. The van der Waals surface area contributed by atoms with Gasteiger partial charge in [-0.1, -0.05) is 13.8 Å². The topological polar surface area (TPSA) is 69.6 Å². The lowest BCUT2D eigenvalue weighted by Crippen LogP contribution is -2.47. The van der Waals surface area contributed by atoms with Crippen molar-refractivity contribution in [1.29, 1.82) is 0 Å². The number of hydrogen-bond acceptors (Lipinski definition) is 3. The summed E-state index contributed by atoms with van der Waals surface area (Å²) in [5.41, 5.74) is -0.212. The van der Waals surface area contributed by atoms with Crippen LogP contribution < -0.4 is 5.32 Å². The molecule has 0 rings (SSSR count). The fraction of sp³-hybridized carbons (Fsp3) is 0.833. The Balaban J connectivity index is 4.09. The lowest BCUT2D eigenvalue weighted by Gasteiger charge is -2.26. The third kappa shape index (κ3) is 6.94. The van der Waals surface area contributed by atoms with E-state index in [-0.39, 0.29) is 18.0 Å². The van der Waals surface area contributed by atoms with Crippen LogP contribution in [0.5, 0.6) is 0 Å². The summed E-state index contributed by atoms with van der Waals surface area (Å²) in [4.78, 5) is 24.1. The molecule has 0 aromatic carbocycles. The van der Waals surface area contributed by atoms with Crippen molar-refractivity contribution >= 4 is 11.9 Å². The average molecular weight is 244 g/mol. The molecule has 0 fully saturated rings. The highest BCUT2D eigenvalue weighted by atomic mass is 16.4. The van der Waals surface area contributed by atoms with Crippen LogP contribution in [0.3, 0.4) is 0 Å². The van der Waals surface area contributed by atoms with E-state index in [0.717, 1.165) is 6.42 Å². The number of carbonyl (C=O) groups is 2. The number of aliphatic carboxylic acids is 1. The Bertz CT molecular complexity index is 277. The molecule has 2 N–H and O–H groups in total. The van der Waals surface area contributed by atoms with Crippen molar-refractivity contribution in [3.8, 4) is 0 Å². The third-order valence-electron chi connectivity index (χ3n) is 2.78. The van der Waals surface area contributed by atoms with E-state index in [2.05, 4.69) is 5.32 Å². The summed E-state index contributed by atoms with van der Waals surface area (Å²) in [5, 5.41) is 11.7. The van der Waals surface area contributed by atoms with E-state index < -0.39 is 11.9 Å². The molecule has 100 valence electrons. The van der Waals surface area contributed by atoms with Gasteiger partial charge in [-0.15, -0.1) is 0 Å². The molecule has 0 heterocycles. The van der Waals surface area contributed by atoms with Crippen molar-refractivity contribution < 1.29 is 14.7 Å². The molecule has 0 aliphatic carbocycles. The number of likely N-dealkylation sites (N-methyl/N-ethyl adjacent to an activating group) is 1. The summed E-state index contributed by atoms with van der Waals surface area (Å²) in [7, 11) is 1.75. The number of carboxylic acids is 1. The minimum atomic E-state index is -0.842. The highest BCUT2D eigenvalue weighted by Gasteiger charge is 2.20. The maximum absolute atomic E-state index is 11.7. The van der Waals surface area contributed by atoms with Gasteiger partial charge < -0.3 is 10.4 Å². The first-order chi connectivity index (χ1) is 7.68. The average Bonchev–Trinajstić information content (AvgIpc) is 2.15. The van der Waals surface area contributed by atoms with Crippen LogP contribution in [0.15, 0.2) is 0 Å². The number of rotatable bonds is 7. The Morgan fingerprint density at radius 1 is 1.41 bits per heavy atom. The van der Waals surface area contributed by atoms with Gasteiger partial charge in [0.25, 0.3) is 0 Å². The van der Waals surface area contributed by atoms with Gasteiger partial charge in [0.15, 0.2) is 0 Å². The van der Waals surface area contributed by atoms with E-state index in [4.69, 9.17) is 5.11 Å². The highest BCUT2D eigenvalue weighted by molar-refractivity contribution is 5.78. The Kier molecular flexibility index (Phi) is 6.16. The largest absolute Gasteiger partial charge is 0.481 e. The van der Waals surface area contributed by atoms with Gasteiger partial charge >= 0.3 is 5.97 Å². The van der Waals surface area contributed by atoms with Crippen LogP contribution in [0.4, 0.5) is 0 Å². The Morgan fingerprint density at radius 2 is 1.94 bits per heavy atom. The molecule has 5 nitrogen and oxygen atoms in total. The van der Waals surface area contributed by atoms with Crippen LogP contribution in [-0.4, -0.2) is 47.6 Å². The van der Waals surface area contributed by atoms with Crippen LogP contribution in [0, 0.1) is 5.92 Å². The second-order valence-electron chi connectivity index (χ2n) is 5.22. The van der Waals surface area contributed by atoms with Crippen LogP contribution in [0.25, 0.3) is 0 Å². The maximum atomic E-state index is 11.7. The smallest absolute Gasteiger partial charge is 0.307 e. The van der Waals surface area contributed by atoms with E-state index in [1.807, 2.05) is 20.8 Å². The number of nitrogens with zero attached hydrogens (tertiary/aromatic N) is 1. The standard InChI is InChI=1S/C12H24N2O3/c1-6-12(3,4)13-10(15)8-14(5)7-9(2)11(16)17/h9H,6-8H2,1-5H3,(H,13,15)(H,16,17). The van der Waals surface area contributed by atoms with Gasteiger partial charge in [0.2, 0.25) is 5.91 Å². The van der Waals surface area contributed by atoms with Crippen molar-refractivity contribution in [1.82, 2.24) is 10.2 Å². The fourth-order valence-electron chi connectivity index (χ4n) is 1.36. The summed E-state index contributed by atoms with van der Waals surface area (Å²) in [6, 6.07) is 0. The van der Waals surface area contributed by atoms with Crippen molar-refractivity contribution in [2.45, 2.75) is 39.7 Å². The molecule has 0 aromatic rings. The first-order valence-corrected chi connectivity index (χ1v) is 5.90. The predicted molar refractivity (Wildman–Crippen MR) is 66.8 cm³/mol. The number of hydrogen-bond donors (Lipinski definition) is 2. The van der Waals surface area contributed by atoms with Crippen LogP contribution in [-0.2, 0) is 9.59 Å². The van der Waals surface area contributed by atoms with E-state index in [0.29, 0.717) is 6.54 Å². The Hall–Kier alpha value is -1.10. The molecule has 1 unspecified atom stereocenters. The summed E-state index contributed by atoms with van der Waals surface area (Å²) in [6.07, 6.45) is 0.855. The summed E-state index contributed by atoms with van der Waals surface area (Å²) in [5.74, 6) is -1.38. The summed E-state index contributed by atoms with van der Waals surface area (Å²) in [6.45, 7) is 8.16. The van der Waals surface area contributed by atoms with E-state index in [1.165, 1.54) is 0 Å². The van der Waals surface area contributed by atoms with Gasteiger partial charge in [-0.25, -0.2) is 0 Å². The number of nitrogens with one attached hydrogen (secondary N) is 1. The molecule has 0 radical (unpaired) electrons. The van der Waals surface area contributed by atoms with Crippen molar-refractivity contribution in [3.05, 3.63) is 0 Å². The molecular weight excluding hydrogens is 220 g/mol. The van der Waals surface area contributed by atoms with Gasteiger partial charge in [0.1, 0.15) is 0 Å². The molecule has 0 spiro atoms. The molecule has 0 aliphatic rings. The lowest BCUT2D eigenvalue weighted by atomic mass is 10.0. The number of carboxylic acid groups (broad SMARTS) is 1. The van der Waals surface area contributed by atoms with Crippen molar-refractivity contribution in [2.75, 3.05) is 20.1 Å². The third-order valence-corrected chi connectivity index (χ3v) is 2.78. The monoisotopic (exact) mass is 244 g/mol. The summed E-state index contributed by atoms with van der Waals surface area (Å²) >= 11 is 0. The summed E-state index contributed by atoms with van der Waals surface area (Å²) < 4.78 is 0. The zero-order valence-corrected chi connectivity index (χ0v) is 11.4. The minimum Gasteiger partial charge on any atom is -0.481 e. The second-order valence-corrected chi connectivity index (χ2v) is 5.22. The van der Waals surface area contributed by atoms with Crippen LogP contribution in [0.1, 0.15) is 34.1 Å². The van der Waals surface area contributed by atoms with Crippen LogP contribution in [0.2, 0.25) is 0 Å².